The highest BCUT2D eigenvalue weighted by molar-refractivity contribution is 7.05. The fourth-order valence-corrected chi connectivity index (χ4v) is 41.4. The van der Waals surface area contributed by atoms with Crippen molar-refractivity contribution < 1.29 is 0 Å². The Kier molecular flexibility index (Phi) is 5.59. The molecule has 0 fully saturated rings. The average molecular weight is 319 g/mol. The molecule has 0 unspecified atom stereocenters. The highest BCUT2D eigenvalue weighted by Crippen LogP contribution is 2.51. The van der Waals surface area contributed by atoms with Crippen LogP contribution >= 0.6 is 0 Å². The molecule has 0 rings (SSSR count). The Bertz CT molecular complexity index is 212. The third-order valence-electron chi connectivity index (χ3n) is 4.07. The summed E-state index contributed by atoms with van der Waals surface area (Å²) in [5.74, 6) is 0. The third kappa shape index (κ3) is 5.10. The molecule has 0 aromatic rings. The molecule has 0 aromatic heterocycles. The minimum Gasteiger partial charge on any atom is -0.0696 e. The van der Waals surface area contributed by atoms with Gasteiger partial charge >= 0.3 is 0 Å². The normalized spacial score (nSPS) is 15.7. The van der Waals surface area contributed by atoms with Gasteiger partial charge in [0.2, 0.25) is 0 Å². The summed E-state index contributed by atoms with van der Waals surface area (Å²) in [6.07, 6.45) is 0. The molecule has 0 aliphatic carbocycles. The first-order chi connectivity index (χ1) is 7.49. The van der Waals surface area contributed by atoms with Crippen molar-refractivity contribution in [2.75, 3.05) is 0 Å². The second-order valence-electron chi connectivity index (χ2n) is 10.4. The fraction of sp³-hybridized carbons (Fsp3) is 1.00. The standard InChI is InChI=1S/C14H38Si4/c1-15(2,3)13(16(4,5)6)14(17(7,8)9)18(10,11)12/h13-14H,1-12H3. The van der Waals surface area contributed by atoms with Crippen LogP contribution in [0.3, 0.4) is 0 Å². The lowest BCUT2D eigenvalue weighted by atomic mass is 10.9. The van der Waals surface area contributed by atoms with Crippen molar-refractivity contribution in [3.8, 4) is 0 Å². The van der Waals surface area contributed by atoms with E-state index in [0.29, 0.717) is 0 Å². The summed E-state index contributed by atoms with van der Waals surface area (Å²) in [6, 6.07) is 0. The van der Waals surface area contributed by atoms with Gasteiger partial charge in [0.25, 0.3) is 0 Å². The van der Waals surface area contributed by atoms with E-state index in [1.165, 1.54) is 0 Å². The molecule has 0 spiro atoms. The van der Waals surface area contributed by atoms with Crippen LogP contribution in [0.25, 0.3) is 0 Å². The van der Waals surface area contributed by atoms with Gasteiger partial charge < -0.3 is 0 Å². The van der Waals surface area contributed by atoms with Gasteiger partial charge in [0.1, 0.15) is 0 Å². The van der Waals surface area contributed by atoms with Gasteiger partial charge in [-0.3, -0.25) is 0 Å². The molecule has 18 heavy (non-hydrogen) atoms. The summed E-state index contributed by atoms with van der Waals surface area (Å²) < 4.78 is 0. The molecule has 110 valence electrons. The second kappa shape index (κ2) is 5.34. The second-order valence-corrected chi connectivity index (χ2v) is 33.0. The Morgan fingerprint density at radius 1 is 0.333 bits per heavy atom. The maximum Gasteiger partial charge on any atom is 0.0444 e. The quantitative estimate of drug-likeness (QED) is 0.533. The van der Waals surface area contributed by atoms with Crippen molar-refractivity contribution in [2.24, 2.45) is 0 Å². The molecule has 0 aromatic carbocycles. The lowest BCUT2D eigenvalue weighted by molar-refractivity contribution is 1.02. The van der Waals surface area contributed by atoms with Gasteiger partial charge in [0.05, 0.1) is 0 Å². The van der Waals surface area contributed by atoms with Gasteiger partial charge in [-0.25, -0.2) is 0 Å². The van der Waals surface area contributed by atoms with E-state index in [4.69, 9.17) is 0 Å². The maximum absolute atomic E-state index is 2.63. The molecule has 0 heterocycles. The molecule has 0 nitrogen and oxygen atoms in total. The van der Waals surface area contributed by atoms with E-state index in [1.807, 2.05) is 0 Å². The fourth-order valence-electron chi connectivity index (χ4n) is 4.60. The predicted octanol–water partition coefficient (Wildman–Crippen LogP) is 6.16. The van der Waals surface area contributed by atoms with Crippen LogP contribution in [0.4, 0.5) is 0 Å². The van der Waals surface area contributed by atoms with Crippen molar-refractivity contribution in [1.82, 2.24) is 0 Å². The van der Waals surface area contributed by atoms with Crippen LogP contribution in [0, 0.1) is 0 Å². The summed E-state index contributed by atoms with van der Waals surface area (Å²) in [7, 11) is -4.29. The van der Waals surface area contributed by atoms with Crippen LogP contribution in [0.5, 0.6) is 0 Å². The Morgan fingerprint density at radius 2 is 0.444 bits per heavy atom. The third-order valence-corrected chi connectivity index (χ3v) is 24.6. The lowest BCUT2D eigenvalue weighted by Crippen LogP contribution is -2.57. The van der Waals surface area contributed by atoms with Gasteiger partial charge in [0.15, 0.2) is 0 Å². The Morgan fingerprint density at radius 3 is 0.500 bits per heavy atom. The van der Waals surface area contributed by atoms with Crippen LogP contribution in [0.2, 0.25) is 88.9 Å². The molecule has 4 heteroatoms. The van der Waals surface area contributed by atoms with Crippen molar-refractivity contribution in [2.45, 2.75) is 88.9 Å². The van der Waals surface area contributed by atoms with E-state index in [-0.39, 0.29) is 0 Å². The van der Waals surface area contributed by atoms with Gasteiger partial charge in [-0.05, 0) is 0 Å². The zero-order valence-corrected chi connectivity index (χ0v) is 19.2. The topological polar surface area (TPSA) is 0 Å². The summed E-state index contributed by atoms with van der Waals surface area (Å²) in [5, 5.41) is 2.20. The van der Waals surface area contributed by atoms with E-state index in [9.17, 15) is 0 Å². The van der Waals surface area contributed by atoms with Crippen LogP contribution in [-0.2, 0) is 0 Å². The van der Waals surface area contributed by atoms with Crippen molar-refractivity contribution in [1.29, 1.82) is 0 Å². The average Bonchev–Trinajstić information content (AvgIpc) is 1.89. The zero-order valence-electron chi connectivity index (χ0n) is 15.2. The number of hydrogen-bond donors (Lipinski definition) is 0. The molecule has 0 N–H and O–H groups in total. The molecule has 0 saturated carbocycles. The summed E-state index contributed by atoms with van der Waals surface area (Å²) in [6.45, 7) is 31.5. The van der Waals surface area contributed by atoms with E-state index in [1.54, 1.807) is 0 Å². The van der Waals surface area contributed by atoms with Gasteiger partial charge in [-0.2, -0.15) is 0 Å². The zero-order chi connectivity index (χ0) is 15.2. The minimum atomic E-state index is -1.07. The smallest absolute Gasteiger partial charge is 0.0444 e. The summed E-state index contributed by atoms with van der Waals surface area (Å²) >= 11 is 0. The SMILES string of the molecule is C[Si](C)(C)C(C([Si](C)(C)C)[Si](C)(C)C)[Si](C)(C)C. The highest BCUT2D eigenvalue weighted by Gasteiger charge is 2.51. The van der Waals surface area contributed by atoms with E-state index < -0.39 is 32.3 Å². The molecule has 0 aliphatic heterocycles. The minimum absolute atomic E-state index is 1.07. The number of rotatable bonds is 5. The highest BCUT2D eigenvalue weighted by atomic mass is 28.4. The summed E-state index contributed by atoms with van der Waals surface area (Å²) in [4.78, 5) is 0. The molecular weight excluding hydrogens is 280 g/mol. The Hall–Kier alpha value is 0.868. The lowest BCUT2D eigenvalue weighted by Gasteiger charge is -2.53. The van der Waals surface area contributed by atoms with Crippen molar-refractivity contribution in [3.63, 3.8) is 0 Å². The van der Waals surface area contributed by atoms with Crippen molar-refractivity contribution in [3.05, 3.63) is 0 Å². The van der Waals surface area contributed by atoms with E-state index >= 15 is 0 Å². The summed E-state index contributed by atoms with van der Waals surface area (Å²) in [5.41, 5.74) is 0. The largest absolute Gasteiger partial charge is 0.0696 e. The molecule has 0 atom stereocenters. The van der Waals surface area contributed by atoms with Gasteiger partial charge in [-0.15, -0.1) is 0 Å². The van der Waals surface area contributed by atoms with Gasteiger partial charge in [-0.1, -0.05) is 88.9 Å². The first-order valence-corrected chi connectivity index (χ1v) is 21.8. The monoisotopic (exact) mass is 318 g/mol. The molecule has 0 aliphatic rings. The molecule has 0 bridgehead atoms. The van der Waals surface area contributed by atoms with E-state index in [2.05, 4.69) is 78.6 Å². The van der Waals surface area contributed by atoms with Gasteiger partial charge in [0, 0.05) is 32.3 Å². The first-order valence-electron chi connectivity index (χ1n) is 7.49. The molecule has 0 radical (unpaired) electrons. The van der Waals surface area contributed by atoms with Crippen LogP contribution in [0.15, 0.2) is 0 Å². The first kappa shape index (κ1) is 18.9. The molecular formula is C14H38Si4. The molecule has 0 amide bonds. The van der Waals surface area contributed by atoms with Crippen LogP contribution < -0.4 is 0 Å². The number of hydrogen-bond acceptors (Lipinski definition) is 0. The van der Waals surface area contributed by atoms with Crippen LogP contribution in [0.1, 0.15) is 0 Å². The Balaban J connectivity index is 5.84. The maximum atomic E-state index is 2.63. The van der Waals surface area contributed by atoms with E-state index in [0.717, 1.165) is 10.3 Å². The predicted molar refractivity (Wildman–Crippen MR) is 101 cm³/mol. The molecule has 0 saturated heterocycles. The Labute approximate surface area is 121 Å². The van der Waals surface area contributed by atoms with Crippen LogP contribution in [-0.4, -0.2) is 32.3 Å². The van der Waals surface area contributed by atoms with Crippen molar-refractivity contribution >= 4 is 32.3 Å².